The lowest BCUT2D eigenvalue weighted by Gasteiger charge is -2.09. The number of fused-ring (bicyclic) bond motifs is 1. The van der Waals surface area contributed by atoms with E-state index in [0.29, 0.717) is 13.0 Å². The number of para-hydroxylation sites is 1. The van der Waals surface area contributed by atoms with E-state index in [0.717, 1.165) is 28.4 Å². The van der Waals surface area contributed by atoms with Gasteiger partial charge in [0.25, 0.3) is 0 Å². The molecule has 0 unspecified atom stereocenters. The zero-order chi connectivity index (χ0) is 15.4. The quantitative estimate of drug-likeness (QED) is 0.888. The Labute approximate surface area is 128 Å². The van der Waals surface area contributed by atoms with E-state index in [1.54, 1.807) is 0 Å². The van der Waals surface area contributed by atoms with Crippen LogP contribution >= 0.6 is 0 Å². The van der Waals surface area contributed by atoms with E-state index in [1.165, 1.54) is 0 Å². The average Bonchev–Trinajstić information content (AvgIpc) is 3.01. The van der Waals surface area contributed by atoms with Gasteiger partial charge in [-0.15, -0.1) is 0 Å². The zero-order valence-corrected chi connectivity index (χ0v) is 12.0. The summed E-state index contributed by atoms with van der Waals surface area (Å²) in [6.45, 7) is 0.631. The highest BCUT2D eigenvalue weighted by atomic mass is 16.7. The van der Waals surface area contributed by atoms with Gasteiger partial charge >= 0.3 is 5.97 Å². The Hall–Kier alpha value is -2.69. The highest BCUT2D eigenvalue weighted by molar-refractivity contribution is 5.67. The van der Waals surface area contributed by atoms with E-state index in [2.05, 4.69) is 0 Å². The highest BCUT2D eigenvalue weighted by Crippen LogP contribution is 2.35. The van der Waals surface area contributed by atoms with Crippen molar-refractivity contribution < 1.29 is 24.1 Å². The summed E-state index contributed by atoms with van der Waals surface area (Å²) in [6, 6.07) is 13.2. The molecule has 114 valence electrons. The molecule has 0 radical (unpaired) electrons. The van der Waals surface area contributed by atoms with Crippen LogP contribution in [0.3, 0.4) is 0 Å². The summed E-state index contributed by atoms with van der Waals surface area (Å²) in [5.41, 5.74) is 1.91. The van der Waals surface area contributed by atoms with Crippen molar-refractivity contribution in [2.45, 2.75) is 19.4 Å². The topological polar surface area (TPSA) is 65.0 Å². The van der Waals surface area contributed by atoms with Gasteiger partial charge in [-0.3, -0.25) is 4.79 Å². The predicted octanol–water partition coefficient (Wildman–Crippen LogP) is 3.01. The first kappa shape index (κ1) is 14.3. The second-order valence-corrected chi connectivity index (χ2v) is 4.98. The molecule has 3 rings (SSSR count). The summed E-state index contributed by atoms with van der Waals surface area (Å²) >= 11 is 0. The molecule has 0 amide bonds. The van der Waals surface area contributed by atoms with Crippen LogP contribution in [0.2, 0.25) is 0 Å². The van der Waals surface area contributed by atoms with Gasteiger partial charge in [-0.1, -0.05) is 24.3 Å². The highest BCUT2D eigenvalue weighted by Gasteiger charge is 2.17. The minimum absolute atomic E-state index is 0.133. The van der Waals surface area contributed by atoms with Gasteiger partial charge in [0.05, 0.1) is 0 Å². The van der Waals surface area contributed by atoms with Gasteiger partial charge in [0, 0.05) is 12.0 Å². The first-order valence-corrected chi connectivity index (χ1v) is 7.03. The third-order valence-corrected chi connectivity index (χ3v) is 3.42. The van der Waals surface area contributed by atoms with Crippen molar-refractivity contribution in [1.82, 2.24) is 0 Å². The summed E-state index contributed by atoms with van der Waals surface area (Å²) in [4.78, 5) is 10.5. The van der Waals surface area contributed by atoms with Crippen LogP contribution in [0, 0.1) is 0 Å². The molecule has 1 aliphatic heterocycles. The minimum atomic E-state index is -0.791. The molecule has 2 aromatic rings. The number of aliphatic carboxylic acids is 1. The summed E-state index contributed by atoms with van der Waals surface area (Å²) in [5.74, 6) is 1.42. The monoisotopic (exact) mass is 300 g/mol. The van der Waals surface area contributed by atoms with E-state index in [1.807, 2.05) is 42.5 Å². The normalized spacial score (nSPS) is 12.2. The number of carboxylic acid groups (broad SMARTS) is 1. The lowest BCUT2D eigenvalue weighted by atomic mass is 10.1. The fourth-order valence-electron chi connectivity index (χ4n) is 2.27. The fraction of sp³-hybridized carbons (Fsp3) is 0.235. The number of hydrogen-bond donors (Lipinski definition) is 1. The molecule has 0 fully saturated rings. The number of ether oxygens (including phenoxy) is 3. The minimum Gasteiger partial charge on any atom is -0.489 e. The summed E-state index contributed by atoms with van der Waals surface area (Å²) < 4.78 is 16.5. The number of hydrogen-bond acceptors (Lipinski definition) is 4. The Balaban J connectivity index is 1.60. The first-order valence-electron chi connectivity index (χ1n) is 7.03. The maximum absolute atomic E-state index is 10.5. The number of carboxylic acids is 1. The van der Waals surface area contributed by atoms with Gasteiger partial charge in [0.2, 0.25) is 6.79 Å². The second-order valence-electron chi connectivity index (χ2n) is 4.98. The molecule has 22 heavy (non-hydrogen) atoms. The molecule has 0 saturated carbocycles. The van der Waals surface area contributed by atoms with Crippen LogP contribution in [-0.2, 0) is 17.8 Å². The molecule has 0 spiro atoms. The number of benzene rings is 2. The maximum atomic E-state index is 10.5. The van der Waals surface area contributed by atoms with Crippen molar-refractivity contribution in [3.05, 3.63) is 53.6 Å². The number of carbonyl (C=O) groups is 1. The van der Waals surface area contributed by atoms with E-state index < -0.39 is 5.97 Å². The Morgan fingerprint density at radius 2 is 1.95 bits per heavy atom. The molecule has 1 heterocycles. The van der Waals surface area contributed by atoms with E-state index in [-0.39, 0.29) is 13.2 Å². The SMILES string of the molecule is O=C(O)CCc1ccc(OCc2cccc3c2OCO3)cc1. The smallest absolute Gasteiger partial charge is 0.303 e. The van der Waals surface area contributed by atoms with Crippen LogP contribution in [0.5, 0.6) is 17.2 Å². The molecular formula is C17H16O5. The third-order valence-electron chi connectivity index (χ3n) is 3.42. The molecule has 5 nitrogen and oxygen atoms in total. The molecule has 0 aromatic heterocycles. The molecule has 2 aromatic carbocycles. The van der Waals surface area contributed by atoms with Crippen LogP contribution in [0.15, 0.2) is 42.5 Å². The van der Waals surface area contributed by atoms with Crippen LogP contribution < -0.4 is 14.2 Å². The van der Waals surface area contributed by atoms with Gasteiger partial charge in [-0.2, -0.15) is 0 Å². The molecule has 0 saturated heterocycles. The Kier molecular flexibility index (Phi) is 4.14. The van der Waals surface area contributed by atoms with Crippen molar-refractivity contribution in [2.75, 3.05) is 6.79 Å². The molecule has 0 aliphatic carbocycles. The molecule has 0 atom stereocenters. The number of aryl methyl sites for hydroxylation is 1. The van der Waals surface area contributed by atoms with Gasteiger partial charge in [0.1, 0.15) is 12.4 Å². The largest absolute Gasteiger partial charge is 0.489 e. The van der Waals surface area contributed by atoms with Crippen LogP contribution in [0.1, 0.15) is 17.5 Å². The van der Waals surface area contributed by atoms with Crippen molar-refractivity contribution in [2.24, 2.45) is 0 Å². The standard InChI is InChI=1S/C17H16O5/c18-16(19)9-6-12-4-7-14(8-5-12)20-10-13-2-1-3-15-17(13)22-11-21-15/h1-5,7-8H,6,9-11H2,(H,18,19). The fourth-order valence-corrected chi connectivity index (χ4v) is 2.27. The van der Waals surface area contributed by atoms with Gasteiger partial charge in [0.15, 0.2) is 11.5 Å². The van der Waals surface area contributed by atoms with Crippen LogP contribution in [0.25, 0.3) is 0 Å². The van der Waals surface area contributed by atoms with Gasteiger partial charge < -0.3 is 19.3 Å². The molecule has 0 bridgehead atoms. The molecular weight excluding hydrogens is 284 g/mol. The van der Waals surface area contributed by atoms with Gasteiger partial charge in [-0.05, 0) is 30.2 Å². The third kappa shape index (κ3) is 3.31. The Morgan fingerprint density at radius 1 is 1.14 bits per heavy atom. The van der Waals surface area contributed by atoms with E-state index in [4.69, 9.17) is 19.3 Å². The first-order chi connectivity index (χ1) is 10.7. The van der Waals surface area contributed by atoms with Crippen molar-refractivity contribution in [1.29, 1.82) is 0 Å². The molecule has 1 aliphatic rings. The summed E-state index contributed by atoms with van der Waals surface area (Å²) in [6.07, 6.45) is 0.653. The van der Waals surface area contributed by atoms with Crippen molar-refractivity contribution in [3.63, 3.8) is 0 Å². The predicted molar refractivity (Wildman–Crippen MR) is 79.3 cm³/mol. The zero-order valence-electron chi connectivity index (χ0n) is 12.0. The Bertz CT molecular complexity index is 663. The summed E-state index contributed by atoms with van der Waals surface area (Å²) in [7, 11) is 0. The van der Waals surface area contributed by atoms with Crippen molar-refractivity contribution >= 4 is 5.97 Å². The van der Waals surface area contributed by atoms with Crippen LogP contribution in [0.4, 0.5) is 0 Å². The van der Waals surface area contributed by atoms with E-state index in [9.17, 15) is 4.79 Å². The van der Waals surface area contributed by atoms with Gasteiger partial charge in [-0.25, -0.2) is 0 Å². The van der Waals surface area contributed by atoms with Crippen LogP contribution in [-0.4, -0.2) is 17.9 Å². The van der Waals surface area contributed by atoms with E-state index >= 15 is 0 Å². The van der Waals surface area contributed by atoms with Crippen molar-refractivity contribution in [3.8, 4) is 17.2 Å². The molecule has 5 heteroatoms. The lowest BCUT2D eigenvalue weighted by molar-refractivity contribution is -0.136. The Morgan fingerprint density at radius 3 is 2.73 bits per heavy atom. The second kappa shape index (κ2) is 6.39. The maximum Gasteiger partial charge on any atom is 0.303 e. The average molecular weight is 300 g/mol. The number of rotatable bonds is 6. The summed E-state index contributed by atoms with van der Waals surface area (Å²) in [5, 5.41) is 8.67. The lowest BCUT2D eigenvalue weighted by Crippen LogP contribution is -1.99. The molecule has 1 N–H and O–H groups in total.